The van der Waals surface area contributed by atoms with Crippen LogP contribution in [0.15, 0.2) is 35.9 Å². The summed E-state index contributed by atoms with van der Waals surface area (Å²) in [4.78, 5) is 11.2. The molecule has 142 valence electrons. The third kappa shape index (κ3) is 3.99. The highest BCUT2D eigenvalue weighted by Crippen LogP contribution is 2.43. The number of rotatable bonds is 3. The maximum absolute atomic E-state index is 13.2. The van der Waals surface area contributed by atoms with Crippen LogP contribution in [0.4, 0.5) is 13.2 Å². The smallest absolute Gasteiger partial charge is 0.430 e. The number of carbonyl (C=O) groups is 1. The summed E-state index contributed by atoms with van der Waals surface area (Å²) in [5.74, 6) is -1.65. The lowest BCUT2D eigenvalue weighted by Gasteiger charge is -2.27. The van der Waals surface area contributed by atoms with Gasteiger partial charge < -0.3 is 14.6 Å². The lowest BCUT2D eigenvalue weighted by Crippen LogP contribution is -2.40. The van der Waals surface area contributed by atoms with Gasteiger partial charge in [-0.2, -0.15) is 13.2 Å². The van der Waals surface area contributed by atoms with Crippen LogP contribution in [0.2, 0.25) is 10.0 Å². The van der Waals surface area contributed by atoms with Gasteiger partial charge in [-0.3, -0.25) is 0 Å². The zero-order chi connectivity index (χ0) is 19.9. The van der Waals surface area contributed by atoms with Crippen LogP contribution in [-0.4, -0.2) is 23.4 Å². The van der Waals surface area contributed by atoms with Crippen molar-refractivity contribution in [3.05, 3.63) is 57.1 Å². The first-order valence-corrected chi connectivity index (χ1v) is 8.27. The van der Waals surface area contributed by atoms with E-state index >= 15 is 0 Å². The minimum Gasteiger partial charge on any atom is -0.478 e. The van der Waals surface area contributed by atoms with Crippen molar-refractivity contribution >= 4 is 35.2 Å². The van der Waals surface area contributed by atoms with Gasteiger partial charge in [0.15, 0.2) is 0 Å². The van der Waals surface area contributed by atoms with Gasteiger partial charge in [0.1, 0.15) is 17.2 Å². The molecule has 1 N–H and O–H groups in total. The summed E-state index contributed by atoms with van der Waals surface area (Å²) in [6.07, 6.45) is -6.61. The normalized spacial score (nSPS) is 16.2. The third-order valence-corrected chi connectivity index (χ3v) is 4.34. The van der Waals surface area contributed by atoms with Crippen molar-refractivity contribution < 1.29 is 32.5 Å². The van der Waals surface area contributed by atoms with E-state index in [1.807, 2.05) is 6.92 Å². The van der Waals surface area contributed by atoms with Crippen LogP contribution in [0.1, 0.15) is 11.1 Å². The molecule has 0 saturated heterocycles. The number of hydrogen-bond donors (Lipinski definition) is 1. The fraction of sp³-hybridized carbons (Fsp3) is 0.167. The molecule has 0 saturated carbocycles. The van der Waals surface area contributed by atoms with Crippen molar-refractivity contribution in [2.24, 2.45) is 0 Å². The maximum Gasteiger partial charge on any atom is 0.430 e. The van der Waals surface area contributed by atoms with Crippen LogP contribution in [0.3, 0.4) is 0 Å². The lowest BCUT2D eigenvalue weighted by molar-refractivity contribution is -0.187. The molecule has 1 heterocycles. The number of carboxylic acid groups (broad SMARTS) is 1. The molecule has 0 aromatic heterocycles. The second-order valence-corrected chi connectivity index (χ2v) is 6.62. The van der Waals surface area contributed by atoms with Gasteiger partial charge >= 0.3 is 12.1 Å². The fourth-order valence-corrected chi connectivity index (χ4v) is 2.99. The molecule has 0 bridgehead atoms. The summed E-state index contributed by atoms with van der Waals surface area (Å²) in [6.45, 7) is 1.83. The number of ether oxygens (including phenoxy) is 2. The van der Waals surface area contributed by atoms with E-state index in [1.54, 1.807) is 18.2 Å². The molecule has 0 unspecified atom stereocenters. The SMILES string of the molecule is Cc1ccc(Oc2cc3c(cc2Cl)C=C(C(=O)O)[C@@H](C(F)(F)F)O3)c(Cl)c1. The Balaban J connectivity index is 2.02. The quantitative estimate of drug-likeness (QED) is 0.675. The molecule has 1 aliphatic heterocycles. The maximum atomic E-state index is 13.2. The number of halogens is 5. The largest absolute Gasteiger partial charge is 0.478 e. The average molecular weight is 419 g/mol. The molecule has 2 aromatic rings. The minimum absolute atomic E-state index is 0.0225. The number of aryl methyl sites for hydroxylation is 1. The van der Waals surface area contributed by atoms with Gasteiger partial charge in [-0.15, -0.1) is 0 Å². The van der Waals surface area contributed by atoms with Crippen molar-refractivity contribution in [2.45, 2.75) is 19.2 Å². The van der Waals surface area contributed by atoms with Gasteiger partial charge in [0.2, 0.25) is 6.10 Å². The van der Waals surface area contributed by atoms with Crippen LogP contribution < -0.4 is 9.47 Å². The fourth-order valence-electron chi connectivity index (χ4n) is 2.50. The molecule has 3 rings (SSSR count). The molecule has 1 aliphatic rings. The summed E-state index contributed by atoms with van der Waals surface area (Å²) >= 11 is 12.2. The first-order valence-electron chi connectivity index (χ1n) is 7.52. The Labute approximate surface area is 161 Å². The highest BCUT2D eigenvalue weighted by Gasteiger charge is 2.48. The first kappa shape index (κ1) is 19.4. The number of alkyl halides is 3. The van der Waals surface area contributed by atoms with Crippen LogP contribution in [0, 0.1) is 6.92 Å². The van der Waals surface area contributed by atoms with Crippen molar-refractivity contribution in [1.29, 1.82) is 0 Å². The van der Waals surface area contributed by atoms with Gasteiger partial charge in [0, 0.05) is 11.6 Å². The molecule has 0 spiro atoms. The Kier molecular flexibility index (Phi) is 5.01. The van der Waals surface area contributed by atoms with Crippen molar-refractivity contribution in [3.63, 3.8) is 0 Å². The Morgan fingerprint density at radius 3 is 2.41 bits per heavy atom. The van der Waals surface area contributed by atoms with Crippen molar-refractivity contribution in [2.75, 3.05) is 0 Å². The number of aliphatic carboxylic acids is 1. The molecule has 1 atom stereocenters. The monoisotopic (exact) mass is 418 g/mol. The average Bonchev–Trinajstić information content (AvgIpc) is 2.55. The van der Waals surface area contributed by atoms with E-state index < -0.39 is 23.8 Å². The van der Waals surface area contributed by atoms with E-state index in [-0.39, 0.29) is 27.8 Å². The molecule has 9 heteroatoms. The van der Waals surface area contributed by atoms with Crippen LogP contribution in [-0.2, 0) is 4.79 Å². The van der Waals surface area contributed by atoms with Crippen LogP contribution in [0.25, 0.3) is 6.08 Å². The molecule has 27 heavy (non-hydrogen) atoms. The molecular formula is C18H11Cl2F3O4. The van der Waals surface area contributed by atoms with Crippen molar-refractivity contribution in [3.8, 4) is 17.2 Å². The summed E-state index contributed by atoms with van der Waals surface area (Å²) < 4.78 is 50.0. The number of hydrogen-bond acceptors (Lipinski definition) is 3. The summed E-state index contributed by atoms with van der Waals surface area (Å²) in [5.41, 5.74) is 0.0631. The molecule has 0 fully saturated rings. The van der Waals surface area contributed by atoms with Gasteiger partial charge in [-0.1, -0.05) is 29.3 Å². The molecule has 0 amide bonds. The molecule has 0 aliphatic carbocycles. The Hall–Kier alpha value is -2.38. The van der Waals surface area contributed by atoms with E-state index in [9.17, 15) is 18.0 Å². The summed E-state index contributed by atoms with van der Waals surface area (Å²) in [7, 11) is 0. The van der Waals surface area contributed by atoms with Gasteiger partial charge in [-0.05, 0) is 36.8 Å². The molecule has 4 nitrogen and oxygen atoms in total. The van der Waals surface area contributed by atoms with E-state index in [0.717, 1.165) is 11.6 Å². The highest BCUT2D eigenvalue weighted by molar-refractivity contribution is 6.33. The predicted octanol–water partition coefficient (Wildman–Crippen LogP) is 5.89. The summed E-state index contributed by atoms with van der Waals surface area (Å²) in [5, 5.41) is 9.40. The zero-order valence-corrected chi connectivity index (χ0v) is 15.1. The van der Waals surface area contributed by atoms with Crippen LogP contribution in [0.5, 0.6) is 17.2 Å². The number of fused-ring (bicyclic) bond motifs is 1. The molecule has 0 radical (unpaired) electrons. The second-order valence-electron chi connectivity index (χ2n) is 5.80. The topological polar surface area (TPSA) is 55.8 Å². The summed E-state index contributed by atoms with van der Waals surface area (Å²) in [6, 6.07) is 7.42. The number of carboxylic acids is 1. The Morgan fingerprint density at radius 2 is 1.81 bits per heavy atom. The Morgan fingerprint density at radius 1 is 1.15 bits per heavy atom. The van der Waals surface area contributed by atoms with E-state index in [4.69, 9.17) is 37.8 Å². The minimum atomic E-state index is -4.90. The predicted molar refractivity (Wildman–Crippen MR) is 93.8 cm³/mol. The lowest BCUT2D eigenvalue weighted by atomic mass is 10.0. The van der Waals surface area contributed by atoms with E-state index in [2.05, 4.69) is 0 Å². The number of benzene rings is 2. The van der Waals surface area contributed by atoms with Crippen molar-refractivity contribution in [1.82, 2.24) is 0 Å². The van der Waals surface area contributed by atoms with Gasteiger partial charge in [0.25, 0.3) is 0 Å². The molecule has 2 aromatic carbocycles. The van der Waals surface area contributed by atoms with E-state index in [1.165, 1.54) is 12.1 Å². The second kappa shape index (κ2) is 6.98. The Bertz CT molecular complexity index is 954. The zero-order valence-electron chi connectivity index (χ0n) is 13.6. The standard InChI is InChI=1S/C18H11Cl2F3O4/c1-8-2-3-13(11(19)4-8)26-15-7-14-9(6-12(15)20)5-10(17(24)25)16(27-14)18(21,22)23/h2-7,16H,1H3,(H,24,25)/t16-/m0/s1. The van der Waals surface area contributed by atoms with Gasteiger partial charge in [-0.25, -0.2) is 4.79 Å². The highest BCUT2D eigenvalue weighted by atomic mass is 35.5. The van der Waals surface area contributed by atoms with Gasteiger partial charge in [0.05, 0.1) is 15.6 Å². The first-order chi connectivity index (χ1) is 12.6. The van der Waals surface area contributed by atoms with E-state index in [0.29, 0.717) is 5.02 Å². The van der Waals surface area contributed by atoms with Crippen LogP contribution >= 0.6 is 23.2 Å². The third-order valence-electron chi connectivity index (χ3n) is 3.75. The molecular weight excluding hydrogens is 408 g/mol.